The second-order valence-corrected chi connectivity index (χ2v) is 7.90. The Bertz CT molecular complexity index is 724. The van der Waals surface area contributed by atoms with Gasteiger partial charge in [0.1, 0.15) is 0 Å². The molecule has 1 heterocycles. The van der Waals surface area contributed by atoms with Crippen molar-refractivity contribution in [2.24, 2.45) is 0 Å². The van der Waals surface area contributed by atoms with E-state index in [1.54, 1.807) is 12.1 Å². The van der Waals surface area contributed by atoms with E-state index in [9.17, 15) is 13.5 Å². The van der Waals surface area contributed by atoms with E-state index in [1.807, 2.05) is 36.9 Å². The molecule has 0 saturated heterocycles. The molecule has 1 aliphatic heterocycles. The Morgan fingerprint density at radius 2 is 1.96 bits per heavy atom. The van der Waals surface area contributed by atoms with Crippen molar-refractivity contribution in [3.63, 3.8) is 0 Å². The Hall–Kier alpha value is -1.44. The van der Waals surface area contributed by atoms with E-state index in [0.717, 1.165) is 10.6 Å². The summed E-state index contributed by atoms with van der Waals surface area (Å²) in [7, 11) is -3.94. The Labute approximate surface area is 141 Å². The van der Waals surface area contributed by atoms with Gasteiger partial charge in [-0.05, 0) is 32.3 Å². The quantitative estimate of drug-likeness (QED) is 0.625. The molecule has 1 aliphatic rings. The van der Waals surface area contributed by atoms with Crippen LogP contribution in [0.2, 0.25) is 0 Å². The van der Waals surface area contributed by atoms with Crippen LogP contribution in [-0.2, 0) is 10.1 Å². The number of nitrogens with zero attached hydrogens (tertiary/aromatic N) is 1. The van der Waals surface area contributed by atoms with Crippen LogP contribution in [0.15, 0.2) is 46.0 Å². The summed E-state index contributed by atoms with van der Waals surface area (Å²) in [5, 5.41) is 13.3. The van der Waals surface area contributed by atoms with Gasteiger partial charge in [-0.2, -0.15) is 8.42 Å². The molecule has 7 heteroatoms. The first-order valence-corrected chi connectivity index (χ1v) is 9.83. The average Bonchev–Trinajstić information content (AvgIpc) is 2.82. The zero-order valence-electron chi connectivity index (χ0n) is 13.2. The predicted octanol–water partition coefficient (Wildman–Crippen LogP) is 2.64. The first kappa shape index (κ1) is 17.9. The summed E-state index contributed by atoms with van der Waals surface area (Å²) in [6, 6.07) is 9.10. The molecule has 0 bridgehead atoms. The molecule has 0 spiro atoms. The minimum atomic E-state index is -3.94. The lowest BCUT2D eigenvalue weighted by atomic mass is 10.2. The lowest BCUT2D eigenvalue weighted by Crippen LogP contribution is -2.19. The van der Waals surface area contributed by atoms with E-state index in [-0.39, 0.29) is 11.5 Å². The van der Waals surface area contributed by atoms with Crippen LogP contribution in [0, 0.1) is 0 Å². The van der Waals surface area contributed by atoms with Crippen molar-refractivity contribution in [3.8, 4) is 0 Å². The molecule has 0 aliphatic carbocycles. The minimum Gasteiger partial charge on any atom is -0.870 e. The van der Waals surface area contributed by atoms with Crippen molar-refractivity contribution in [2.75, 3.05) is 12.3 Å². The topological polar surface area (TPSA) is 80.7 Å². The molecule has 0 unspecified atom stereocenters. The third-order valence-corrected chi connectivity index (χ3v) is 5.78. The third-order valence-electron chi connectivity index (χ3n) is 3.63. The third kappa shape index (κ3) is 4.53. The fourth-order valence-electron chi connectivity index (χ4n) is 2.46. The summed E-state index contributed by atoms with van der Waals surface area (Å²) in [5.41, 5.74) is 1.62. The smallest absolute Gasteiger partial charge is 0.264 e. The Morgan fingerprint density at radius 3 is 2.52 bits per heavy atom. The maximum atomic E-state index is 12.7. The highest BCUT2D eigenvalue weighted by Gasteiger charge is 2.24. The molecule has 23 heavy (non-hydrogen) atoms. The van der Waals surface area contributed by atoms with E-state index in [0.29, 0.717) is 30.0 Å². The van der Waals surface area contributed by atoms with Gasteiger partial charge in [-0.3, -0.25) is 4.55 Å². The summed E-state index contributed by atoms with van der Waals surface area (Å²) >= 11 is 1.40. The fraction of sp³-hybridized carbons (Fsp3) is 0.375. The van der Waals surface area contributed by atoms with Crippen LogP contribution in [0.5, 0.6) is 0 Å². The molecule has 0 amide bonds. The molecule has 1 N–H and O–H groups in total. The van der Waals surface area contributed by atoms with Gasteiger partial charge >= 0.3 is 0 Å². The van der Waals surface area contributed by atoms with Crippen molar-refractivity contribution >= 4 is 27.6 Å². The van der Waals surface area contributed by atoms with Gasteiger partial charge in [0.05, 0.1) is 10.8 Å². The normalized spacial score (nSPS) is 17.8. The SMILES string of the molecule is CCN1C(C)=C(CCCS(=O)(=O)O)S/C1=C(/[O-])c1ccccc1. The molecule has 0 aromatic heterocycles. The molecule has 1 aromatic rings. The highest BCUT2D eigenvalue weighted by atomic mass is 32.2. The number of rotatable bonds is 6. The van der Waals surface area contributed by atoms with Gasteiger partial charge in [0.15, 0.2) is 0 Å². The van der Waals surface area contributed by atoms with Crippen LogP contribution in [0.3, 0.4) is 0 Å². The van der Waals surface area contributed by atoms with Gasteiger partial charge in [-0.1, -0.05) is 47.9 Å². The molecular weight excluding hydrogens is 334 g/mol. The molecule has 0 atom stereocenters. The molecular formula is C16H20NO4S2-. The predicted molar refractivity (Wildman–Crippen MR) is 91.7 cm³/mol. The Kier molecular flexibility index (Phi) is 5.78. The van der Waals surface area contributed by atoms with Crippen LogP contribution < -0.4 is 5.11 Å². The Morgan fingerprint density at radius 1 is 1.30 bits per heavy atom. The van der Waals surface area contributed by atoms with Gasteiger partial charge in [-0.25, -0.2) is 0 Å². The molecule has 0 fully saturated rings. The molecule has 1 aromatic carbocycles. The molecule has 2 rings (SSSR count). The van der Waals surface area contributed by atoms with Gasteiger partial charge in [0.25, 0.3) is 10.1 Å². The average molecular weight is 354 g/mol. The van der Waals surface area contributed by atoms with Gasteiger partial charge in [0, 0.05) is 17.1 Å². The van der Waals surface area contributed by atoms with Crippen LogP contribution >= 0.6 is 11.8 Å². The van der Waals surface area contributed by atoms with Gasteiger partial charge in [-0.15, -0.1) is 0 Å². The number of hydrogen-bond donors (Lipinski definition) is 1. The van der Waals surface area contributed by atoms with Crippen LogP contribution in [0.1, 0.15) is 32.3 Å². The van der Waals surface area contributed by atoms with Crippen molar-refractivity contribution in [3.05, 3.63) is 51.5 Å². The van der Waals surface area contributed by atoms with Gasteiger partial charge < -0.3 is 10.0 Å². The van der Waals surface area contributed by atoms with Crippen molar-refractivity contribution in [2.45, 2.75) is 26.7 Å². The number of allylic oxidation sites excluding steroid dienone is 2. The number of hydrogen-bond acceptors (Lipinski definition) is 5. The summed E-state index contributed by atoms with van der Waals surface area (Å²) in [6.45, 7) is 4.59. The van der Waals surface area contributed by atoms with Crippen molar-refractivity contribution in [1.29, 1.82) is 0 Å². The highest BCUT2D eigenvalue weighted by Crippen LogP contribution is 2.45. The zero-order valence-corrected chi connectivity index (χ0v) is 14.8. The summed E-state index contributed by atoms with van der Waals surface area (Å²) in [4.78, 5) is 2.94. The maximum Gasteiger partial charge on any atom is 0.264 e. The van der Waals surface area contributed by atoms with Gasteiger partial charge in [0.2, 0.25) is 0 Å². The van der Waals surface area contributed by atoms with Crippen molar-refractivity contribution in [1.82, 2.24) is 4.90 Å². The largest absolute Gasteiger partial charge is 0.870 e. The second kappa shape index (κ2) is 7.42. The molecule has 0 saturated carbocycles. The highest BCUT2D eigenvalue weighted by molar-refractivity contribution is 8.07. The number of benzene rings is 1. The lowest BCUT2D eigenvalue weighted by Gasteiger charge is -2.25. The zero-order chi connectivity index (χ0) is 17.0. The molecule has 126 valence electrons. The first-order valence-electron chi connectivity index (χ1n) is 7.40. The molecule has 0 radical (unpaired) electrons. The summed E-state index contributed by atoms with van der Waals surface area (Å²) in [6.07, 6.45) is 0.862. The Balaban J connectivity index is 2.20. The number of thioether (sulfide) groups is 1. The van der Waals surface area contributed by atoms with E-state index in [4.69, 9.17) is 4.55 Å². The standard InChI is InChI=1S/C16H21NO4S2/c1-3-17-12(2)14(10-7-11-23(19,20)21)22-16(17)15(18)13-8-5-4-6-9-13/h4-6,8-9,18H,3,7,10-11H2,1-2H3,(H,19,20,21)/p-1/b16-15+. The van der Waals surface area contributed by atoms with Crippen LogP contribution in [0.25, 0.3) is 5.76 Å². The van der Waals surface area contributed by atoms with E-state index >= 15 is 0 Å². The van der Waals surface area contributed by atoms with Crippen molar-refractivity contribution < 1.29 is 18.1 Å². The van der Waals surface area contributed by atoms with E-state index in [1.165, 1.54) is 11.8 Å². The fourth-order valence-corrected chi connectivity index (χ4v) is 4.29. The summed E-state index contributed by atoms with van der Waals surface area (Å²) in [5.74, 6) is -0.292. The summed E-state index contributed by atoms with van der Waals surface area (Å²) < 4.78 is 30.5. The van der Waals surface area contributed by atoms with E-state index in [2.05, 4.69) is 0 Å². The maximum absolute atomic E-state index is 12.7. The molecule has 5 nitrogen and oxygen atoms in total. The monoisotopic (exact) mass is 354 g/mol. The van der Waals surface area contributed by atoms with E-state index < -0.39 is 10.1 Å². The lowest BCUT2D eigenvalue weighted by molar-refractivity contribution is -0.245. The van der Waals surface area contributed by atoms with Crippen LogP contribution in [-0.4, -0.2) is 30.2 Å². The minimum absolute atomic E-state index is 0.0263. The first-order chi connectivity index (χ1) is 10.8. The second-order valence-electron chi connectivity index (χ2n) is 5.24. The van der Waals surface area contributed by atoms with Crippen LogP contribution in [0.4, 0.5) is 0 Å².